The minimum Gasteiger partial charge on any atom is -0.467 e. The van der Waals surface area contributed by atoms with E-state index in [0.717, 1.165) is 17.5 Å². The fourth-order valence-electron chi connectivity index (χ4n) is 2.28. The van der Waals surface area contributed by atoms with E-state index in [9.17, 15) is 4.79 Å². The minimum absolute atomic E-state index is 0.314. The van der Waals surface area contributed by atoms with Gasteiger partial charge in [-0.2, -0.15) is 0 Å². The first-order valence-electron chi connectivity index (χ1n) is 5.43. The van der Waals surface area contributed by atoms with Gasteiger partial charge in [-0.05, 0) is 37.0 Å². The third kappa shape index (κ3) is 1.83. The summed E-state index contributed by atoms with van der Waals surface area (Å²) in [6.45, 7) is 4.68. The van der Waals surface area contributed by atoms with Crippen LogP contribution in [0.4, 0.5) is 0 Å². The molecule has 1 aromatic carbocycles. The van der Waals surface area contributed by atoms with Crippen molar-refractivity contribution in [3.63, 3.8) is 0 Å². The summed E-state index contributed by atoms with van der Waals surface area (Å²) >= 11 is 0. The van der Waals surface area contributed by atoms with Crippen molar-refractivity contribution in [3.05, 3.63) is 34.4 Å². The first kappa shape index (κ1) is 11.1. The molecule has 0 bridgehead atoms. The van der Waals surface area contributed by atoms with Gasteiger partial charge in [0.15, 0.2) is 6.10 Å². The molecule has 1 unspecified atom stereocenters. The molecule has 1 aliphatic rings. The Morgan fingerprint density at radius 2 is 2.19 bits per heavy atom. The van der Waals surface area contributed by atoms with Crippen molar-refractivity contribution in [1.29, 1.82) is 0 Å². The predicted octanol–water partition coefficient (Wildman–Crippen LogP) is 2.09. The Kier molecular flexibility index (Phi) is 2.97. The largest absolute Gasteiger partial charge is 0.467 e. The van der Waals surface area contributed by atoms with Crippen LogP contribution in [0, 0.1) is 13.8 Å². The molecule has 0 amide bonds. The average Bonchev–Trinajstić information content (AvgIpc) is 2.27. The van der Waals surface area contributed by atoms with Crippen LogP contribution in [0.3, 0.4) is 0 Å². The highest BCUT2D eigenvalue weighted by Gasteiger charge is 2.29. The lowest BCUT2D eigenvalue weighted by atomic mass is 9.91. The van der Waals surface area contributed by atoms with Crippen LogP contribution in [0.15, 0.2) is 12.1 Å². The van der Waals surface area contributed by atoms with Gasteiger partial charge in [-0.3, -0.25) is 0 Å². The molecule has 0 saturated carbocycles. The van der Waals surface area contributed by atoms with E-state index in [1.807, 2.05) is 13.0 Å². The van der Waals surface area contributed by atoms with Gasteiger partial charge in [0, 0.05) is 0 Å². The first-order chi connectivity index (χ1) is 7.63. The number of carbonyl (C=O) groups excluding carboxylic acids is 1. The van der Waals surface area contributed by atoms with E-state index in [4.69, 9.17) is 9.47 Å². The van der Waals surface area contributed by atoms with Crippen LogP contribution >= 0.6 is 0 Å². The molecule has 0 aromatic heterocycles. The molecule has 86 valence electrons. The maximum Gasteiger partial charge on any atom is 0.339 e. The van der Waals surface area contributed by atoms with Crippen molar-refractivity contribution >= 4 is 5.97 Å². The van der Waals surface area contributed by atoms with Crippen molar-refractivity contribution in [3.8, 4) is 0 Å². The van der Waals surface area contributed by atoms with Crippen LogP contribution in [-0.4, -0.2) is 19.7 Å². The average molecular weight is 220 g/mol. The number of hydrogen-bond donors (Lipinski definition) is 0. The zero-order valence-electron chi connectivity index (χ0n) is 9.87. The summed E-state index contributed by atoms with van der Waals surface area (Å²) in [7, 11) is 1.39. The summed E-state index contributed by atoms with van der Waals surface area (Å²) < 4.78 is 10.3. The van der Waals surface area contributed by atoms with Gasteiger partial charge < -0.3 is 9.47 Å². The molecule has 1 atom stereocenters. The van der Waals surface area contributed by atoms with E-state index in [1.54, 1.807) is 0 Å². The Hall–Kier alpha value is -1.35. The summed E-state index contributed by atoms with van der Waals surface area (Å²) in [4.78, 5) is 11.6. The summed E-state index contributed by atoms with van der Waals surface area (Å²) in [5.74, 6) is -0.314. The van der Waals surface area contributed by atoms with Crippen LogP contribution < -0.4 is 0 Å². The van der Waals surface area contributed by atoms with Crippen LogP contribution in [-0.2, 0) is 20.7 Å². The molecule has 2 rings (SSSR count). The highest BCUT2D eigenvalue weighted by Crippen LogP contribution is 2.31. The van der Waals surface area contributed by atoms with Gasteiger partial charge in [0.25, 0.3) is 0 Å². The van der Waals surface area contributed by atoms with E-state index in [-0.39, 0.29) is 5.97 Å². The van der Waals surface area contributed by atoms with Crippen LogP contribution in [0.2, 0.25) is 0 Å². The zero-order chi connectivity index (χ0) is 11.7. The molecular weight excluding hydrogens is 204 g/mol. The number of esters is 1. The van der Waals surface area contributed by atoms with Gasteiger partial charge >= 0.3 is 5.97 Å². The molecule has 3 heteroatoms. The number of fused-ring (bicyclic) bond motifs is 1. The quantitative estimate of drug-likeness (QED) is 0.680. The number of rotatable bonds is 1. The summed E-state index contributed by atoms with van der Waals surface area (Å²) in [5, 5.41) is 0. The predicted molar refractivity (Wildman–Crippen MR) is 60.3 cm³/mol. The third-order valence-electron chi connectivity index (χ3n) is 2.99. The number of benzene rings is 1. The number of carbonyl (C=O) groups is 1. The number of hydrogen-bond acceptors (Lipinski definition) is 3. The smallest absolute Gasteiger partial charge is 0.339 e. The summed E-state index contributed by atoms with van der Waals surface area (Å²) in [6, 6.07) is 4.15. The van der Waals surface area contributed by atoms with Gasteiger partial charge in [0.05, 0.1) is 13.7 Å². The molecule has 1 heterocycles. The molecule has 0 N–H and O–H groups in total. The Labute approximate surface area is 95.4 Å². The Bertz CT molecular complexity index is 423. The highest BCUT2D eigenvalue weighted by molar-refractivity contribution is 5.77. The van der Waals surface area contributed by atoms with Crippen molar-refractivity contribution < 1.29 is 14.3 Å². The number of methoxy groups -OCH3 is 1. The van der Waals surface area contributed by atoms with Gasteiger partial charge in [0.1, 0.15) is 0 Å². The van der Waals surface area contributed by atoms with Crippen molar-refractivity contribution in [2.75, 3.05) is 13.7 Å². The Morgan fingerprint density at radius 1 is 1.44 bits per heavy atom. The second-order valence-electron chi connectivity index (χ2n) is 4.17. The first-order valence-corrected chi connectivity index (χ1v) is 5.43. The lowest BCUT2D eigenvalue weighted by Gasteiger charge is -2.26. The molecule has 0 radical (unpaired) electrons. The second-order valence-corrected chi connectivity index (χ2v) is 4.17. The SMILES string of the molecule is COC(=O)C1OCCc2c(C)cc(C)cc21. The molecule has 3 nitrogen and oxygen atoms in total. The topological polar surface area (TPSA) is 35.5 Å². The monoisotopic (exact) mass is 220 g/mol. The van der Waals surface area contributed by atoms with Crippen LogP contribution in [0.1, 0.15) is 28.4 Å². The molecule has 16 heavy (non-hydrogen) atoms. The van der Waals surface area contributed by atoms with E-state index in [1.165, 1.54) is 18.2 Å². The van der Waals surface area contributed by atoms with Crippen molar-refractivity contribution in [1.82, 2.24) is 0 Å². The normalized spacial score (nSPS) is 19.1. The second kappa shape index (κ2) is 4.26. The molecule has 0 fully saturated rings. The number of aryl methyl sites for hydroxylation is 2. The Balaban J connectivity index is 2.49. The van der Waals surface area contributed by atoms with Crippen LogP contribution in [0.25, 0.3) is 0 Å². The lowest BCUT2D eigenvalue weighted by molar-refractivity contribution is -0.155. The highest BCUT2D eigenvalue weighted by atomic mass is 16.6. The van der Waals surface area contributed by atoms with Crippen molar-refractivity contribution in [2.24, 2.45) is 0 Å². The number of ether oxygens (including phenoxy) is 2. The fourth-order valence-corrected chi connectivity index (χ4v) is 2.28. The standard InChI is InChI=1S/C13H16O3/c1-8-6-9(2)10-4-5-16-12(11(10)7-8)13(14)15-3/h6-7,12H,4-5H2,1-3H3. The summed E-state index contributed by atoms with van der Waals surface area (Å²) in [6.07, 6.45) is 0.321. The fraction of sp³-hybridized carbons (Fsp3) is 0.462. The molecular formula is C13H16O3. The molecule has 1 aromatic rings. The maximum atomic E-state index is 11.6. The Morgan fingerprint density at radius 3 is 2.88 bits per heavy atom. The van der Waals surface area contributed by atoms with Gasteiger partial charge in [-0.15, -0.1) is 0 Å². The van der Waals surface area contributed by atoms with E-state index >= 15 is 0 Å². The third-order valence-corrected chi connectivity index (χ3v) is 2.99. The molecule has 1 aliphatic heterocycles. The maximum absolute atomic E-state index is 11.6. The van der Waals surface area contributed by atoms with E-state index < -0.39 is 6.10 Å². The minimum atomic E-state index is -0.549. The van der Waals surface area contributed by atoms with Gasteiger partial charge in [-0.25, -0.2) is 4.79 Å². The van der Waals surface area contributed by atoms with Gasteiger partial charge in [0.2, 0.25) is 0 Å². The molecule has 0 saturated heterocycles. The summed E-state index contributed by atoms with van der Waals surface area (Å²) in [5.41, 5.74) is 4.57. The zero-order valence-corrected chi connectivity index (χ0v) is 9.87. The van der Waals surface area contributed by atoms with E-state index in [2.05, 4.69) is 13.0 Å². The van der Waals surface area contributed by atoms with Crippen molar-refractivity contribution in [2.45, 2.75) is 26.4 Å². The van der Waals surface area contributed by atoms with Gasteiger partial charge in [-0.1, -0.05) is 17.7 Å². The van der Waals surface area contributed by atoms with E-state index in [0.29, 0.717) is 6.61 Å². The molecule has 0 spiro atoms. The van der Waals surface area contributed by atoms with Crippen LogP contribution in [0.5, 0.6) is 0 Å². The molecule has 0 aliphatic carbocycles. The lowest BCUT2D eigenvalue weighted by Crippen LogP contribution is -2.25.